The van der Waals surface area contributed by atoms with Crippen molar-refractivity contribution in [1.29, 1.82) is 0 Å². The second kappa shape index (κ2) is 30.2. The maximum absolute atomic E-state index is 9.96. The van der Waals surface area contributed by atoms with Crippen LogP contribution in [0.2, 0.25) is 0 Å². The summed E-state index contributed by atoms with van der Waals surface area (Å²) in [5, 5.41) is 51.7. The van der Waals surface area contributed by atoms with Crippen molar-refractivity contribution in [3.8, 4) is 69.0 Å². The predicted octanol–water partition coefficient (Wildman–Crippen LogP) is 10.1. The number of hydrogen-bond donors (Lipinski definition) is 3. The van der Waals surface area contributed by atoms with E-state index in [9.17, 15) is 14.6 Å². The number of nitrogens with zero attached hydrogens (tertiary/aromatic N) is 15. The Balaban J connectivity index is 0.000000167. The number of oxazole rings is 3. The van der Waals surface area contributed by atoms with Gasteiger partial charge in [0.2, 0.25) is 11.8 Å². The minimum absolute atomic E-state index is 0.00443. The smallest absolute Gasteiger partial charge is 0.245 e. The van der Waals surface area contributed by atoms with Crippen LogP contribution in [0.3, 0.4) is 0 Å². The zero-order valence-electron chi connectivity index (χ0n) is 42.1. The van der Waals surface area contributed by atoms with Gasteiger partial charge in [0.05, 0.1) is 65.1 Å². The normalized spacial score (nSPS) is 11.7. The second-order valence-electron chi connectivity index (χ2n) is 15.6. The molecule has 0 saturated carbocycles. The molecule has 9 aromatic heterocycles. The van der Waals surface area contributed by atoms with Crippen molar-refractivity contribution in [2.75, 3.05) is 27.0 Å². The lowest BCUT2D eigenvalue weighted by Gasteiger charge is -2.12. The van der Waals surface area contributed by atoms with Crippen molar-refractivity contribution in [2.24, 2.45) is 0 Å². The third kappa shape index (κ3) is 16.1. The van der Waals surface area contributed by atoms with Crippen molar-refractivity contribution in [3.63, 3.8) is 0 Å². The van der Waals surface area contributed by atoms with Gasteiger partial charge in [0.25, 0.3) is 0 Å². The van der Waals surface area contributed by atoms with Crippen molar-refractivity contribution in [3.05, 3.63) is 181 Å². The molecule has 0 amide bonds. The van der Waals surface area contributed by atoms with E-state index in [1.807, 2.05) is 136 Å². The van der Waals surface area contributed by atoms with Crippen LogP contribution in [0.1, 0.15) is 40.3 Å². The van der Waals surface area contributed by atoms with E-state index in [0.717, 1.165) is 20.3 Å². The summed E-state index contributed by atoms with van der Waals surface area (Å²) < 4.78 is 38.3. The molecule has 0 aliphatic carbocycles. The zero-order chi connectivity index (χ0) is 54.8. The number of hydrogen-bond acceptors (Lipinski definition) is 18. The first-order chi connectivity index (χ1) is 37.6. The number of alkyl halides is 1. The van der Waals surface area contributed by atoms with Gasteiger partial charge < -0.3 is 42.3 Å². The number of benzene rings is 2. The first-order valence-corrected chi connectivity index (χ1v) is 24.6. The molecule has 3 unspecified atom stereocenters. The monoisotopic (exact) mass is 1160 g/mol. The summed E-state index contributed by atoms with van der Waals surface area (Å²) in [5.74, 6) is 3.41. The fourth-order valence-electron chi connectivity index (χ4n) is 6.47. The number of aliphatic hydroxyl groups excluding tert-OH is 3. The molecule has 0 saturated heterocycles. The van der Waals surface area contributed by atoms with Crippen LogP contribution < -0.4 is 0 Å². The molecule has 0 aliphatic heterocycles. The minimum atomic E-state index is -1.00. The van der Waals surface area contributed by atoms with Crippen LogP contribution in [0.25, 0.3) is 69.0 Å². The highest BCUT2D eigenvalue weighted by Gasteiger charge is 2.18. The van der Waals surface area contributed by atoms with E-state index in [-0.39, 0.29) is 37.9 Å². The Kier molecular flexibility index (Phi) is 22.0. The van der Waals surface area contributed by atoms with Crippen molar-refractivity contribution in [2.45, 2.75) is 38.9 Å². The molecule has 0 aliphatic rings. The first kappa shape index (κ1) is 55.5. The van der Waals surface area contributed by atoms with Gasteiger partial charge in [-0.1, -0.05) is 82.7 Å². The number of aromatic nitrogens is 15. The largest absolute Gasteiger partial charge is 0.452 e. The third-order valence-corrected chi connectivity index (χ3v) is 11.3. The average molecular weight is 1160 g/mol. The van der Waals surface area contributed by atoms with Gasteiger partial charge in [-0.3, -0.25) is 4.39 Å². The summed E-state index contributed by atoms with van der Waals surface area (Å²) in [5.41, 5.74) is 4.21. The Morgan fingerprint density at radius 2 is 1.04 bits per heavy atom. The molecule has 9 heterocycles. The summed E-state index contributed by atoms with van der Waals surface area (Å²) in [6.07, 6.45) is 14.0. The van der Waals surface area contributed by atoms with E-state index >= 15 is 0 Å². The molecular weight excluding hydrogens is 1110 g/mol. The molecule has 3 atom stereocenters. The van der Waals surface area contributed by atoms with Gasteiger partial charge in [-0.2, -0.15) is 0 Å². The van der Waals surface area contributed by atoms with Gasteiger partial charge in [-0.05, 0) is 85.2 Å². The lowest BCUT2D eigenvalue weighted by molar-refractivity contribution is 0.239. The summed E-state index contributed by atoms with van der Waals surface area (Å²) in [7, 11) is -1.00. The Bertz CT molecular complexity index is 3330. The quantitative estimate of drug-likeness (QED) is 0.0960. The van der Waals surface area contributed by atoms with E-state index in [1.54, 1.807) is 51.3 Å². The molecule has 11 rings (SSSR count). The van der Waals surface area contributed by atoms with E-state index in [1.165, 1.54) is 18.9 Å². The van der Waals surface area contributed by atoms with E-state index < -0.39 is 7.15 Å². The molecule has 0 spiro atoms. The van der Waals surface area contributed by atoms with E-state index in [0.29, 0.717) is 57.8 Å². The maximum Gasteiger partial charge on any atom is 0.245 e. The van der Waals surface area contributed by atoms with E-state index in [2.05, 4.69) is 96.8 Å². The number of aliphatic hydroxyl groups is 3. The topological polar surface area (TPSA) is 270 Å². The minimum Gasteiger partial charge on any atom is -0.452 e. The molecule has 24 heteroatoms. The highest BCUT2D eigenvalue weighted by molar-refractivity contribution is 9.10. The molecule has 0 radical (unpaired) electrons. The standard InChI is InChI=1S/C19H17N5O2.C13H13N5O2.C10H11BrN4O.C6H5Br.C3H3NO.CH3F/c1-13(11-25)24-12-21-23-18(24)15-8-5-9-16(22-15)19-20-10-17(26-19)14-6-3-2-4-7-14;1-9(7-19)18-8-15-17-12(18)10-3-2-4-11(16-10)13-14-5-6-20-13;1-7(5-16)15-6-12-14-10(15)8-3-2-4-9(11)13-8;7-6-4-2-1-3-5-6;1-2-5-3-4-1;1-2/h2-10,12-13,25H,11H2,1H3;2-6,8-9,19H,7H2,1H3;2-4,6-7,16H,5H2,1H3;1-5H;1-3H;1H3/i;;;;;1D. The predicted molar refractivity (Wildman–Crippen MR) is 287 cm³/mol. The zero-order valence-corrected chi connectivity index (χ0v) is 44.3. The van der Waals surface area contributed by atoms with Crippen LogP contribution >= 0.6 is 31.9 Å². The summed E-state index contributed by atoms with van der Waals surface area (Å²) in [6.45, 7) is 5.70. The van der Waals surface area contributed by atoms with Crippen molar-refractivity contribution in [1.82, 2.24) is 74.2 Å². The summed E-state index contributed by atoms with van der Waals surface area (Å²) >= 11 is 6.62. The van der Waals surface area contributed by atoms with Crippen LogP contribution in [-0.2, 0) is 0 Å². The molecular formula is C52H52Br2FN15O6. The van der Waals surface area contributed by atoms with Crippen LogP contribution in [0.5, 0.6) is 0 Å². The first-order valence-electron chi connectivity index (χ1n) is 23.7. The molecule has 21 nitrogen and oxygen atoms in total. The van der Waals surface area contributed by atoms with Crippen LogP contribution in [-0.4, -0.2) is 116 Å². The fourth-order valence-corrected chi connectivity index (χ4v) is 7.12. The molecule has 0 fully saturated rings. The summed E-state index contributed by atoms with van der Waals surface area (Å²) in [6, 6.07) is 36.1. The maximum atomic E-state index is 9.96. The SMILES string of the molecule is Brc1ccccc1.CC(CO)n1cnnc1-c1cccc(-c2ncc(-c3ccccc3)o2)n1.CC(CO)n1cnnc1-c1cccc(-c2ncco2)n1.CC(CO)n1cnnc1-c1cccc(Br)n1.[2H]CF.c1cocn1. The number of rotatable bonds is 12. The molecule has 11 aromatic rings. The van der Waals surface area contributed by atoms with Crippen LogP contribution in [0.15, 0.2) is 194 Å². The fraction of sp³-hybridized carbons (Fsp3) is 0.192. The number of halogens is 3. The molecule has 2 aromatic carbocycles. The van der Waals surface area contributed by atoms with E-state index in [4.69, 9.17) is 15.3 Å². The van der Waals surface area contributed by atoms with Gasteiger partial charge in [0.1, 0.15) is 64.6 Å². The average Bonchev–Trinajstić information content (AvgIpc) is 4.34. The highest BCUT2D eigenvalue weighted by Crippen LogP contribution is 2.28. The van der Waals surface area contributed by atoms with Crippen molar-refractivity contribution >= 4 is 31.9 Å². The second-order valence-corrected chi connectivity index (χ2v) is 17.4. The van der Waals surface area contributed by atoms with Crippen molar-refractivity contribution < 1.29 is 34.3 Å². The lowest BCUT2D eigenvalue weighted by Crippen LogP contribution is -2.10. The summed E-state index contributed by atoms with van der Waals surface area (Å²) in [4.78, 5) is 25.4. The van der Waals surface area contributed by atoms with Gasteiger partial charge in [0, 0.05) is 10.0 Å². The van der Waals surface area contributed by atoms with Gasteiger partial charge in [-0.15, -0.1) is 30.6 Å². The van der Waals surface area contributed by atoms with Gasteiger partial charge in [0.15, 0.2) is 29.6 Å². The molecule has 76 heavy (non-hydrogen) atoms. The molecule has 0 bridgehead atoms. The van der Waals surface area contributed by atoms with Crippen LogP contribution in [0.4, 0.5) is 4.39 Å². The highest BCUT2D eigenvalue weighted by atomic mass is 79.9. The van der Waals surface area contributed by atoms with Crippen LogP contribution in [0, 0.1) is 0 Å². The lowest BCUT2D eigenvalue weighted by atomic mass is 10.2. The Labute approximate surface area is 454 Å². The third-order valence-electron chi connectivity index (χ3n) is 10.4. The molecule has 3 N–H and O–H groups in total. The number of pyridine rings is 3. The van der Waals surface area contributed by atoms with Gasteiger partial charge >= 0.3 is 0 Å². The Morgan fingerprint density at radius 1 is 0.566 bits per heavy atom. The Hall–Kier alpha value is -8.29. The Morgan fingerprint density at radius 3 is 1.45 bits per heavy atom. The molecule has 392 valence electrons. The van der Waals surface area contributed by atoms with Gasteiger partial charge in [-0.25, -0.2) is 29.9 Å².